The maximum Gasteiger partial charge on any atom is 0.266 e. The van der Waals surface area contributed by atoms with Gasteiger partial charge in [0.1, 0.15) is 22.4 Å². The molecule has 41 heavy (non-hydrogen) atoms. The number of carbonyl (C=O) groups is 2. The Hall–Kier alpha value is -4.61. The maximum absolute atomic E-state index is 13.7. The zero-order chi connectivity index (χ0) is 29.1. The van der Waals surface area contributed by atoms with Crippen molar-refractivity contribution in [2.45, 2.75) is 46.5 Å². The monoisotopic (exact) mass is 564 g/mol. The summed E-state index contributed by atoms with van der Waals surface area (Å²) in [6, 6.07) is 18.7. The summed E-state index contributed by atoms with van der Waals surface area (Å²) in [6.07, 6.45) is 5.61. The van der Waals surface area contributed by atoms with Gasteiger partial charge in [-0.1, -0.05) is 17.7 Å². The second kappa shape index (κ2) is 11.9. The molecule has 1 aliphatic carbocycles. The third-order valence-corrected chi connectivity index (χ3v) is 8.65. The molecule has 0 saturated carbocycles. The lowest BCUT2D eigenvalue weighted by molar-refractivity contribution is -0.112. The average molecular weight is 565 g/mol. The molecule has 1 aliphatic rings. The van der Waals surface area contributed by atoms with Gasteiger partial charge in [0.2, 0.25) is 0 Å². The van der Waals surface area contributed by atoms with E-state index in [4.69, 9.17) is 4.74 Å². The number of rotatable bonds is 7. The first-order chi connectivity index (χ1) is 19.8. The number of nitrogens with one attached hydrogen (secondary N) is 2. The minimum Gasteiger partial charge on any atom is -0.497 e. The zero-order valence-electron chi connectivity index (χ0n) is 23.6. The Balaban J connectivity index is 1.50. The largest absolute Gasteiger partial charge is 0.497 e. The van der Waals surface area contributed by atoms with Crippen LogP contribution in [0.15, 0.2) is 60.2 Å². The van der Waals surface area contributed by atoms with E-state index in [1.165, 1.54) is 4.88 Å². The van der Waals surface area contributed by atoms with Gasteiger partial charge in [-0.15, -0.1) is 11.3 Å². The van der Waals surface area contributed by atoms with Gasteiger partial charge in [-0.3, -0.25) is 9.59 Å². The van der Waals surface area contributed by atoms with E-state index in [2.05, 4.69) is 15.2 Å². The molecule has 2 aromatic heterocycles. The first-order valence-corrected chi connectivity index (χ1v) is 14.4. The van der Waals surface area contributed by atoms with E-state index in [1.54, 1.807) is 48.8 Å². The van der Waals surface area contributed by atoms with Crippen molar-refractivity contribution in [1.82, 2.24) is 4.57 Å². The van der Waals surface area contributed by atoms with E-state index in [0.29, 0.717) is 17.0 Å². The summed E-state index contributed by atoms with van der Waals surface area (Å²) >= 11 is 1.66. The number of thiophene rings is 1. The number of hydrogen-bond acceptors (Lipinski definition) is 5. The molecule has 8 heteroatoms. The van der Waals surface area contributed by atoms with E-state index >= 15 is 0 Å². The number of methoxy groups -OCH3 is 1. The maximum atomic E-state index is 13.7. The third kappa shape index (κ3) is 5.81. The number of carbonyl (C=O) groups excluding carboxylic acids is 2. The molecule has 0 fully saturated rings. The molecule has 0 saturated heterocycles. The molecule has 7 nitrogen and oxygen atoms in total. The summed E-state index contributed by atoms with van der Waals surface area (Å²) in [7, 11) is 1.57. The van der Waals surface area contributed by atoms with Crippen LogP contribution in [0.2, 0.25) is 0 Å². The molecule has 2 amide bonds. The molecule has 0 radical (unpaired) electrons. The van der Waals surface area contributed by atoms with E-state index in [0.717, 1.165) is 64.4 Å². The first-order valence-electron chi connectivity index (χ1n) is 13.6. The number of aryl methyl sites for hydroxylation is 3. The number of aromatic nitrogens is 1. The van der Waals surface area contributed by atoms with Gasteiger partial charge in [-0.05, 0) is 106 Å². The van der Waals surface area contributed by atoms with Crippen molar-refractivity contribution in [2.24, 2.45) is 0 Å². The van der Waals surface area contributed by atoms with Crippen LogP contribution >= 0.6 is 11.3 Å². The Bertz CT molecular complexity index is 1690. The number of benzene rings is 2. The number of nitriles is 1. The van der Waals surface area contributed by atoms with Gasteiger partial charge in [0.25, 0.3) is 11.8 Å². The standard InChI is InChI=1S/C33H32N4O3S/c1-20-9-11-25(12-10-20)36-32(39)30-28-7-5-6-8-29(28)41-33(30)37-21(2)17-23(22(37)3)18-24(19-34)31(38)35-26-13-15-27(40-4)16-14-26/h9-18H,5-8H2,1-4H3,(H,35,38)(H,36,39)/b24-18-. The van der Waals surface area contributed by atoms with Gasteiger partial charge >= 0.3 is 0 Å². The lowest BCUT2D eigenvalue weighted by Crippen LogP contribution is -2.17. The van der Waals surface area contributed by atoms with Crippen molar-refractivity contribution >= 4 is 40.6 Å². The van der Waals surface area contributed by atoms with Crippen molar-refractivity contribution in [3.8, 4) is 16.8 Å². The first kappa shape index (κ1) is 27.9. The lowest BCUT2D eigenvalue weighted by Gasteiger charge is -2.14. The number of anilines is 2. The van der Waals surface area contributed by atoms with Crippen LogP contribution in [0.25, 0.3) is 11.1 Å². The van der Waals surface area contributed by atoms with E-state index in [9.17, 15) is 14.9 Å². The molecule has 0 bridgehead atoms. The summed E-state index contributed by atoms with van der Waals surface area (Å²) in [5, 5.41) is 16.6. The molecular formula is C33H32N4O3S. The highest BCUT2D eigenvalue weighted by atomic mass is 32.1. The highest BCUT2D eigenvalue weighted by Gasteiger charge is 2.28. The van der Waals surface area contributed by atoms with Crippen LogP contribution in [0, 0.1) is 32.1 Å². The van der Waals surface area contributed by atoms with Crippen molar-refractivity contribution < 1.29 is 14.3 Å². The zero-order valence-corrected chi connectivity index (χ0v) is 24.4. The van der Waals surface area contributed by atoms with Crippen LogP contribution in [-0.2, 0) is 17.6 Å². The fraction of sp³-hybridized carbons (Fsp3) is 0.242. The predicted molar refractivity (Wildman–Crippen MR) is 164 cm³/mol. The molecule has 2 aromatic carbocycles. The minimum atomic E-state index is -0.493. The third-order valence-electron chi connectivity index (χ3n) is 7.38. The second-order valence-electron chi connectivity index (χ2n) is 10.2. The van der Waals surface area contributed by atoms with E-state index < -0.39 is 5.91 Å². The summed E-state index contributed by atoms with van der Waals surface area (Å²) in [4.78, 5) is 28.0. The lowest BCUT2D eigenvalue weighted by atomic mass is 9.95. The number of fused-ring (bicyclic) bond motifs is 1. The Kier molecular flexibility index (Phi) is 8.09. The summed E-state index contributed by atoms with van der Waals surface area (Å²) in [5.41, 5.74) is 6.81. The Morgan fingerprint density at radius 1 is 0.976 bits per heavy atom. The highest BCUT2D eigenvalue weighted by molar-refractivity contribution is 7.15. The number of ether oxygens (including phenoxy) is 1. The molecule has 0 unspecified atom stereocenters. The van der Waals surface area contributed by atoms with Crippen LogP contribution in [0.1, 0.15) is 56.2 Å². The van der Waals surface area contributed by atoms with Gasteiger partial charge in [0.05, 0.1) is 12.7 Å². The average Bonchev–Trinajstić information content (AvgIpc) is 3.48. The van der Waals surface area contributed by atoms with Crippen molar-refractivity contribution in [1.29, 1.82) is 5.26 Å². The Morgan fingerprint density at radius 3 is 2.32 bits per heavy atom. The van der Waals surface area contributed by atoms with Gasteiger partial charge in [0, 0.05) is 27.6 Å². The number of hydrogen-bond donors (Lipinski definition) is 2. The van der Waals surface area contributed by atoms with Crippen LogP contribution < -0.4 is 15.4 Å². The number of nitrogens with zero attached hydrogens (tertiary/aromatic N) is 2. The van der Waals surface area contributed by atoms with E-state index in [1.807, 2.05) is 57.2 Å². The SMILES string of the molecule is COc1ccc(NC(=O)/C(C#N)=C\c2cc(C)n(-c3sc4c(c3C(=O)Nc3ccc(C)cc3)CCCC4)c2C)cc1. The van der Waals surface area contributed by atoms with E-state index in [-0.39, 0.29) is 11.5 Å². The van der Waals surface area contributed by atoms with Crippen LogP contribution in [0.5, 0.6) is 5.75 Å². The minimum absolute atomic E-state index is 0.0103. The molecule has 0 spiro atoms. The molecular weight excluding hydrogens is 532 g/mol. The fourth-order valence-corrected chi connectivity index (χ4v) is 6.69. The molecule has 0 aliphatic heterocycles. The van der Waals surface area contributed by atoms with Crippen molar-refractivity contribution in [2.75, 3.05) is 17.7 Å². The van der Waals surface area contributed by atoms with Crippen molar-refractivity contribution in [3.05, 3.63) is 98.7 Å². The van der Waals surface area contributed by atoms with Gasteiger partial charge in [-0.2, -0.15) is 5.26 Å². The Morgan fingerprint density at radius 2 is 1.63 bits per heavy atom. The normalized spacial score (nSPS) is 12.8. The molecule has 208 valence electrons. The smallest absolute Gasteiger partial charge is 0.266 e. The van der Waals surface area contributed by atoms with Gasteiger partial charge < -0.3 is 19.9 Å². The van der Waals surface area contributed by atoms with Crippen LogP contribution in [0.3, 0.4) is 0 Å². The molecule has 5 rings (SSSR count). The van der Waals surface area contributed by atoms with Gasteiger partial charge in [-0.25, -0.2) is 0 Å². The molecule has 0 atom stereocenters. The van der Waals surface area contributed by atoms with Gasteiger partial charge in [0.15, 0.2) is 0 Å². The Labute approximate surface area is 244 Å². The van der Waals surface area contributed by atoms with Crippen LogP contribution in [0.4, 0.5) is 11.4 Å². The molecule has 2 heterocycles. The van der Waals surface area contributed by atoms with Crippen molar-refractivity contribution in [3.63, 3.8) is 0 Å². The quantitative estimate of drug-likeness (QED) is 0.184. The van der Waals surface area contributed by atoms with Crippen LogP contribution in [-0.4, -0.2) is 23.5 Å². The summed E-state index contributed by atoms with van der Waals surface area (Å²) < 4.78 is 7.24. The molecule has 2 N–H and O–H groups in total. The summed E-state index contributed by atoms with van der Waals surface area (Å²) in [6.45, 7) is 5.95. The summed E-state index contributed by atoms with van der Waals surface area (Å²) in [5.74, 6) is 0.0605. The highest BCUT2D eigenvalue weighted by Crippen LogP contribution is 2.39. The predicted octanol–water partition coefficient (Wildman–Crippen LogP) is 7.15. The fourth-order valence-electron chi connectivity index (χ4n) is 5.20. The molecule has 4 aromatic rings. The second-order valence-corrected chi connectivity index (χ2v) is 11.3. The topological polar surface area (TPSA) is 96.2 Å². The number of amides is 2.